The molecule has 0 heterocycles. The lowest BCUT2D eigenvalue weighted by atomic mass is 10.1. The molecule has 1 aromatic rings. The number of benzene rings is 1. The van der Waals surface area contributed by atoms with E-state index in [9.17, 15) is 0 Å². The lowest BCUT2D eigenvalue weighted by Gasteiger charge is -2.14. The molecule has 2 N–H and O–H groups in total. The largest absolute Gasteiger partial charge is 0.377 e. The van der Waals surface area contributed by atoms with Crippen molar-refractivity contribution in [2.45, 2.75) is 39.8 Å². The summed E-state index contributed by atoms with van der Waals surface area (Å²) in [6, 6.07) is 8.36. The van der Waals surface area contributed by atoms with Gasteiger partial charge in [-0.3, -0.25) is 4.99 Å². The first kappa shape index (κ1) is 20.2. The molecule has 1 rings (SSSR count). The fourth-order valence-electron chi connectivity index (χ4n) is 1.84. The van der Waals surface area contributed by atoms with Gasteiger partial charge in [-0.05, 0) is 24.0 Å². The maximum atomic E-state index is 5.63. The van der Waals surface area contributed by atoms with E-state index in [-0.39, 0.29) is 24.0 Å². The van der Waals surface area contributed by atoms with Crippen LogP contribution in [0.3, 0.4) is 0 Å². The van der Waals surface area contributed by atoms with E-state index in [1.807, 2.05) is 0 Å². The average molecular weight is 405 g/mol. The van der Waals surface area contributed by atoms with E-state index in [4.69, 9.17) is 4.74 Å². The summed E-state index contributed by atoms with van der Waals surface area (Å²) in [5.74, 6) is 0.844. The average Bonchev–Trinajstić information content (AvgIpc) is 2.49. The van der Waals surface area contributed by atoms with Gasteiger partial charge in [0.15, 0.2) is 5.96 Å². The van der Waals surface area contributed by atoms with E-state index in [0.29, 0.717) is 6.61 Å². The van der Waals surface area contributed by atoms with Crippen LogP contribution < -0.4 is 10.6 Å². The van der Waals surface area contributed by atoms with Crippen molar-refractivity contribution in [2.75, 3.05) is 20.2 Å². The summed E-state index contributed by atoms with van der Waals surface area (Å²) >= 11 is 0. The van der Waals surface area contributed by atoms with Crippen LogP contribution in [-0.4, -0.2) is 26.2 Å². The minimum atomic E-state index is 0. The monoisotopic (exact) mass is 405 g/mol. The van der Waals surface area contributed by atoms with Crippen molar-refractivity contribution in [3.05, 3.63) is 35.4 Å². The fourth-order valence-corrected chi connectivity index (χ4v) is 1.84. The van der Waals surface area contributed by atoms with E-state index in [0.717, 1.165) is 38.5 Å². The molecule has 0 aliphatic carbocycles. The summed E-state index contributed by atoms with van der Waals surface area (Å²) in [4.78, 5) is 4.21. The first-order valence-electron chi connectivity index (χ1n) is 7.40. The summed E-state index contributed by atoms with van der Waals surface area (Å²) in [6.07, 6.45) is 2.14. The number of ether oxygens (including phenoxy) is 1. The molecule has 0 unspecified atom stereocenters. The van der Waals surface area contributed by atoms with Crippen LogP contribution in [0.5, 0.6) is 0 Å². The number of nitrogens with one attached hydrogen (secondary N) is 2. The molecule has 0 saturated carbocycles. The zero-order valence-corrected chi connectivity index (χ0v) is 15.6. The summed E-state index contributed by atoms with van der Waals surface area (Å²) in [6.45, 7) is 7.43. The molecular formula is C16H28IN3O. The Kier molecular flexibility index (Phi) is 12.4. The summed E-state index contributed by atoms with van der Waals surface area (Å²) in [7, 11) is 1.79. The van der Waals surface area contributed by atoms with Gasteiger partial charge in [-0.15, -0.1) is 24.0 Å². The summed E-state index contributed by atoms with van der Waals surface area (Å²) in [5, 5.41) is 6.60. The quantitative estimate of drug-likeness (QED) is 0.302. The SMILES string of the molecule is CCCNC(=NC)NCc1ccccc1COCCC.I. The van der Waals surface area contributed by atoms with Gasteiger partial charge in [-0.25, -0.2) is 0 Å². The highest BCUT2D eigenvalue weighted by Gasteiger charge is 2.03. The Morgan fingerprint density at radius 2 is 1.81 bits per heavy atom. The Bertz CT molecular complexity index is 410. The highest BCUT2D eigenvalue weighted by molar-refractivity contribution is 14.0. The van der Waals surface area contributed by atoms with Crippen LogP contribution in [0.25, 0.3) is 0 Å². The number of hydrogen-bond donors (Lipinski definition) is 2. The number of halogens is 1. The number of hydrogen-bond acceptors (Lipinski definition) is 2. The van der Waals surface area contributed by atoms with E-state index in [2.05, 4.69) is 53.7 Å². The van der Waals surface area contributed by atoms with Crippen LogP contribution in [0, 0.1) is 0 Å². The number of rotatable bonds is 8. The minimum absolute atomic E-state index is 0. The fraction of sp³-hybridized carbons (Fsp3) is 0.562. The van der Waals surface area contributed by atoms with Crippen LogP contribution in [0.2, 0.25) is 0 Å². The van der Waals surface area contributed by atoms with Crippen molar-refractivity contribution in [2.24, 2.45) is 4.99 Å². The van der Waals surface area contributed by atoms with Gasteiger partial charge in [0.2, 0.25) is 0 Å². The second-order valence-corrected chi connectivity index (χ2v) is 4.67. The molecule has 4 nitrogen and oxygen atoms in total. The third kappa shape index (κ3) is 8.26. The first-order valence-corrected chi connectivity index (χ1v) is 7.40. The molecule has 0 atom stereocenters. The highest BCUT2D eigenvalue weighted by atomic mass is 127. The van der Waals surface area contributed by atoms with Crippen LogP contribution in [0.1, 0.15) is 37.8 Å². The molecule has 0 fully saturated rings. The molecule has 0 aliphatic rings. The first-order chi connectivity index (χ1) is 9.81. The zero-order valence-electron chi connectivity index (χ0n) is 13.3. The molecule has 0 radical (unpaired) electrons. The molecule has 120 valence electrons. The second kappa shape index (κ2) is 12.9. The molecular weight excluding hydrogens is 377 g/mol. The van der Waals surface area contributed by atoms with Gasteiger partial charge < -0.3 is 15.4 Å². The zero-order chi connectivity index (χ0) is 14.6. The second-order valence-electron chi connectivity index (χ2n) is 4.67. The molecule has 0 aromatic heterocycles. The summed E-state index contributed by atoms with van der Waals surface area (Å²) in [5.41, 5.74) is 2.49. The van der Waals surface area contributed by atoms with Crippen LogP contribution in [-0.2, 0) is 17.9 Å². The van der Waals surface area contributed by atoms with E-state index in [1.54, 1.807) is 7.05 Å². The van der Waals surface area contributed by atoms with Crippen molar-refractivity contribution in [3.63, 3.8) is 0 Å². The van der Waals surface area contributed by atoms with Crippen LogP contribution >= 0.6 is 24.0 Å². The standard InChI is InChI=1S/C16H27N3O.HI/c1-4-10-18-16(17-3)19-12-14-8-6-7-9-15(14)13-20-11-5-2;/h6-9H,4-5,10-13H2,1-3H3,(H2,17,18,19);1H. The maximum Gasteiger partial charge on any atom is 0.191 e. The molecule has 5 heteroatoms. The molecule has 0 amide bonds. The number of guanidine groups is 1. The van der Waals surface area contributed by atoms with Gasteiger partial charge in [0.05, 0.1) is 6.61 Å². The number of nitrogens with zero attached hydrogens (tertiary/aromatic N) is 1. The smallest absolute Gasteiger partial charge is 0.191 e. The van der Waals surface area contributed by atoms with Crippen LogP contribution in [0.4, 0.5) is 0 Å². The van der Waals surface area contributed by atoms with Crippen molar-refractivity contribution in [1.29, 1.82) is 0 Å². The third-order valence-corrected chi connectivity index (χ3v) is 2.94. The van der Waals surface area contributed by atoms with Gasteiger partial charge in [-0.1, -0.05) is 38.1 Å². The Morgan fingerprint density at radius 3 is 2.43 bits per heavy atom. The maximum absolute atomic E-state index is 5.63. The van der Waals surface area contributed by atoms with Gasteiger partial charge in [0.25, 0.3) is 0 Å². The van der Waals surface area contributed by atoms with Gasteiger partial charge >= 0.3 is 0 Å². The Morgan fingerprint density at radius 1 is 1.10 bits per heavy atom. The Balaban J connectivity index is 0.00000400. The molecule has 21 heavy (non-hydrogen) atoms. The van der Waals surface area contributed by atoms with Crippen molar-refractivity contribution in [1.82, 2.24) is 10.6 Å². The molecule has 0 aliphatic heterocycles. The van der Waals surface area contributed by atoms with E-state index < -0.39 is 0 Å². The van der Waals surface area contributed by atoms with E-state index >= 15 is 0 Å². The minimum Gasteiger partial charge on any atom is -0.377 e. The van der Waals surface area contributed by atoms with Gasteiger partial charge in [0.1, 0.15) is 0 Å². The van der Waals surface area contributed by atoms with Crippen molar-refractivity contribution in [3.8, 4) is 0 Å². The van der Waals surface area contributed by atoms with E-state index in [1.165, 1.54) is 11.1 Å². The molecule has 1 aromatic carbocycles. The highest BCUT2D eigenvalue weighted by Crippen LogP contribution is 2.10. The normalized spacial score (nSPS) is 10.9. The predicted octanol–water partition coefficient (Wildman–Crippen LogP) is 3.31. The van der Waals surface area contributed by atoms with Gasteiger partial charge in [0, 0.05) is 26.7 Å². The van der Waals surface area contributed by atoms with Crippen molar-refractivity contribution < 1.29 is 4.74 Å². The van der Waals surface area contributed by atoms with Gasteiger partial charge in [-0.2, -0.15) is 0 Å². The number of aliphatic imine (C=N–C) groups is 1. The third-order valence-electron chi connectivity index (χ3n) is 2.94. The van der Waals surface area contributed by atoms with Crippen LogP contribution in [0.15, 0.2) is 29.3 Å². The molecule has 0 spiro atoms. The topological polar surface area (TPSA) is 45.7 Å². The Labute approximate surface area is 145 Å². The Hall–Kier alpha value is -0.820. The predicted molar refractivity (Wildman–Crippen MR) is 100 cm³/mol. The van der Waals surface area contributed by atoms with Crippen molar-refractivity contribution >= 4 is 29.9 Å². The summed E-state index contributed by atoms with van der Waals surface area (Å²) < 4.78 is 5.63. The molecule has 0 bridgehead atoms. The lowest BCUT2D eigenvalue weighted by molar-refractivity contribution is 0.121. The molecule has 0 saturated heterocycles. The lowest BCUT2D eigenvalue weighted by Crippen LogP contribution is -2.37.